The summed E-state index contributed by atoms with van der Waals surface area (Å²) in [5.41, 5.74) is 0. The summed E-state index contributed by atoms with van der Waals surface area (Å²) in [6, 6.07) is 3.59. The molecule has 0 saturated heterocycles. The molecule has 1 aliphatic carbocycles. The average Bonchev–Trinajstić information content (AvgIpc) is 2.98. The SMILES string of the molecule is CS(=O)(=O)N(CCC(=O)NCc1ccco1)C1CCCCC1. The van der Waals surface area contributed by atoms with Crippen molar-refractivity contribution in [3.63, 3.8) is 0 Å². The highest BCUT2D eigenvalue weighted by Crippen LogP contribution is 2.24. The number of furan rings is 1. The van der Waals surface area contributed by atoms with Crippen molar-refractivity contribution < 1.29 is 17.6 Å². The molecule has 1 N–H and O–H groups in total. The summed E-state index contributed by atoms with van der Waals surface area (Å²) in [5, 5.41) is 2.74. The summed E-state index contributed by atoms with van der Waals surface area (Å²) >= 11 is 0. The maximum atomic E-state index is 12.0. The minimum Gasteiger partial charge on any atom is -0.467 e. The molecule has 1 aromatic rings. The molecule has 1 aliphatic rings. The molecule has 1 heterocycles. The third kappa shape index (κ3) is 5.14. The lowest BCUT2D eigenvalue weighted by atomic mass is 9.95. The Kier molecular flexibility index (Phi) is 6.02. The number of hydrogen-bond acceptors (Lipinski definition) is 4. The fourth-order valence-electron chi connectivity index (χ4n) is 2.89. The van der Waals surface area contributed by atoms with E-state index in [1.165, 1.54) is 10.6 Å². The molecule has 0 aromatic carbocycles. The first kappa shape index (κ1) is 17.0. The van der Waals surface area contributed by atoms with E-state index in [1.807, 2.05) is 0 Å². The molecule has 124 valence electrons. The summed E-state index contributed by atoms with van der Waals surface area (Å²) in [6.07, 6.45) is 8.01. The van der Waals surface area contributed by atoms with Crippen molar-refractivity contribution in [2.75, 3.05) is 12.8 Å². The highest BCUT2D eigenvalue weighted by Gasteiger charge is 2.28. The molecule has 22 heavy (non-hydrogen) atoms. The molecule has 0 atom stereocenters. The van der Waals surface area contributed by atoms with Crippen LogP contribution in [0.25, 0.3) is 0 Å². The Labute approximate surface area is 131 Å². The van der Waals surface area contributed by atoms with E-state index in [9.17, 15) is 13.2 Å². The zero-order chi connectivity index (χ0) is 16.0. The lowest BCUT2D eigenvalue weighted by Crippen LogP contribution is -2.42. The monoisotopic (exact) mass is 328 g/mol. The van der Waals surface area contributed by atoms with Crippen molar-refractivity contribution in [3.05, 3.63) is 24.2 Å². The molecule has 0 bridgehead atoms. The number of hydrogen-bond donors (Lipinski definition) is 1. The maximum absolute atomic E-state index is 12.0. The van der Waals surface area contributed by atoms with Gasteiger partial charge in [-0.25, -0.2) is 8.42 Å². The number of amides is 1. The zero-order valence-corrected chi connectivity index (χ0v) is 13.8. The van der Waals surface area contributed by atoms with Gasteiger partial charge in [-0.3, -0.25) is 4.79 Å². The van der Waals surface area contributed by atoms with Gasteiger partial charge in [0.1, 0.15) is 5.76 Å². The second-order valence-electron chi connectivity index (χ2n) is 5.77. The van der Waals surface area contributed by atoms with E-state index in [4.69, 9.17) is 4.42 Å². The van der Waals surface area contributed by atoms with E-state index in [0.717, 1.165) is 32.1 Å². The quantitative estimate of drug-likeness (QED) is 0.829. The van der Waals surface area contributed by atoms with E-state index in [2.05, 4.69) is 5.32 Å². The van der Waals surface area contributed by atoms with Gasteiger partial charge in [-0.2, -0.15) is 4.31 Å². The highest BCUT2D eigenvalue weighted by molar-refractivity contribution is 7.88. The minimum atomic E-state index is -3.28. The summed E-state index contributed by atoms with van der Waals surface area (Å²) in [4.78, 5) is 11.9. The van der Waals surface area contributed by atoms with Gasteiger partial charge in [-0.1, -0.05) is 19.3 Å². The fraction of sp³-hybridized carbons (Fsp3) is 0.667. The van der Waals surface area contributed by atoms with Crippen molar-refractivity contribution in [3.8, 4) is 0 Å². The van der Waals surface area contributed by atoms with Gasteiger partial charge in [0.05, 0.1) is 19.1 Å². The Morgan fingerprint density at radius 3 is 2.68 bits per heavy atom. The van der Waals surface area contributed by atoms with E-state index >= 15 is 0 Å². The number of nitrogens with one attached hydrogen (secondary N) is 1. The van der Waals surface area contributed by atoms with Gasteiger partial charge in [0.2, 0.25) is 15.9 Å². The van der Waals surface area contributed by atoms with Crippen LogP contribution in [-0.4, -0.2) is 37.5 Å². The van der Waals surface area contributed by atoms with Crippen molar-refractivity contribution in [2.24, 2.45) is 0 Å². The van der Waals surface area contributed by atoms with Crippen LogP contribution < -0.4 is 5.32 Å². The van der Waals surface area contributed by atoms with Gasteiger partial charge >= 0.3 is 0 Å². The molecular weight excluding hydrogens is 304 g/mol. The van der Waals surface area contributed by atoms with Crippen LogP contribution in [0.2, 0.25) is 0 Å². The summed E-state index contributed by atoms with van der Waals surface area (Å²) in [7, 11) is -3.28. The van der Waals surface area contributed by atoms with Gasteiger partial charge in [0, 0.05) is 19.0 Å². The molecule has 1 aromatic heterocycles. The second-order valence-corrected chi connectivity index (χ2v) is 7.71. The fourth-order valence-corrected chi connectivity index (χ4v) is 4.06. The molecule has 1 fully saturated rings. The first-order valence-corrected chi connectivity index (χ1v) is 9.57. The van der Waals surface area contributed by atoms with Crippen molar-refractivity contribution in [1.29, 1.82) is 0 Å². The molecule has 0 spiro atoms. The van der Waals surface area contributed by atoms with Gasteiger partial charge in [-0.05, 0) is 25.0 Å². The Morgan fingerprint density at radius 1 is 1.36 bits per heavy atom. The normalized spacial score (nSPS) is 16.8. The minimum absolute atomic E-state index is 0.0432. The average molecular weight is 328 g/mol. The van der Waals surface area contributed by atoms with Crippen LogP contribution in [0.5, 0.6) is 0 Å². The molecule has 1 saturated carbocycles. The lowest BCUT2D eigenvalue weighted by molar-refractivity contribution is -0.121. The van der Waals surface area contributed by atoms with Crippen LogP contribution in [0.1, 0.15) is 44.3 Å². The topological polar surface area (TPSA) is 79.6 Å². The van der Waals surface area contributed by atoms with Crippen molar-refractivity contribution in [2.45, 2.75) is 51.1 Å². The number of sulfonamides is 1. The smallest absolute Gasteiger partial charge is 0.221 e. The van der Waals surface area contributed by atoms with Gasteiger partial charge in [-0.15, -0.1) is 0 Å². The molecule has 0 radical (unpaired) electrons. The van der Waals surface area contributed by atoms with E-state index in [0.29, 0.717) is 12.3 Å². The van der Waals surface area contributed by atoms with Crippen molar-refractivity contribution in [1.82, 2.24) is 9.62 Å². The van der Waals surface area contributed by atoms with Gasteiger partial charge < -0.3 is 9.73 Å². The molecular formula is C15H24N2O4S. The second kappa shape index (κ2) is 7.78. The largest absolute Gasteiger partial charge is 0.467 e. The number of carbonyl (C=O) groups excluding carboxylic acids is 1. The molecule has 1 amide bonds. The molecule has 7 heteroatoms. The van der Waals surface area contributed by atoms with Crippen LogP contribution in [0.15, 0.2) is 22.8 Å². The molecule has 6 nitrogen and oxygen atoms in total. The third-order valence-electron chi connectivity index (χ3n) is 4.01. The van der Waals surface area contributed by atoms with Gasteiger partial charge in [0.25, 0.3) is 0 Å². The Morgan fingerprint density at radius 2 is 2.09 bits per heavy atom. The van der Waals surface area contributed by atoms with Crippen LogP contribution in [0.3, 0.4) is 0 Å². The van der Waals surface area contributed by atoms with Crippen LogP contribution in [-0.2, 0) is 21.4 Å². The summed E-state index contributed by atoms with van der Waals surface area (Å²) in [5.74, 6) is 0.515. The van der Waals surface area contributed by atoms with E-state index < -0.39 is 10.0 Å². The Hall–Kier alpha value is -1.34. The predicted octanol–water partition coefficient (Wildman–Crippen LogP) is 1.88. The first-order valence-electron chi connectivity index (χ1n) is 7.73. The molecule has 2 rings (SSSR count). The van der Waals surface area contributed by atoms with E-state index in [1.54, 1.807) is 18.4 Å². The Bertz CT molecular complexity index is 562. The summed E-state index contributed by atoms with van der Waals surface area (Å²) < 4.78 is 30.6. The Balaban J connectivity index is 1.83. The van der Waals surface area contributed by atoms with Crippen LogP contribution >= 0.6 is 0 Å². The van der Waals surface area contributed by atoms with Crippen molar-refractivity contribution >= 4 is 15.9 Å². The standard InChI is InChI=1S/C15H24N2O4S/c1-22(19,20)17(13-6-3-2-4-7-13)10-9-15(18)16-12-14-8-5-11-21-14/h5,8,11,13H,2-4,6-7,9-10,12H2,1H3,(H,16,18). The lowest BCUT2D eigenvalue weighted by Gasteiger charge is -2.32. The summed E-state index contributed by atoms with van der Waals surface area (Å²) in [6.45, 7) is 0.571. The third-order valence-corrected chi connectivity index (χ3v) is 5.34. The zero-order valence-electron chi connectivity index (χ0n) is 13.0. The predicted molar refractivity (Wildman–Crippen MR) is 83.6 cm³/mol. The first-order chi connectivity index (χ1) is 10.5. The maximum Gasteiger partial charge on any atom is 0.221 e. The number of carbonyl (C=O) groups is 1. The van der Waals surface area contributed by atoms with E-state index in [-0.39, 0.29) is 24.9 Å². The molecule has 0 aliphatic heterocycles. The number of nitrogens with zero attached hydrogens (tertiary/aromatic N) is 1. The highest BCUT2D eigenvalue weighted by atomic mass is 32.2. The van der Waals surface area contributed by atoms with Crippen LogP contribution in [0.4, 0.5) is 0 Å². The molecule has 0 unspecified atom stereocenters. The van der Waals surface area contributed by atoms with Crippen LogP contribution in [0, 0.1) is 0 Å². The van der Waals surface area contributed by atoms with Gasteiger partial charge in [0.15, 0.2) is 0 Å². The number of rotatable bonds is 7.